The molecular weight excluding hydrogens is 284 g/mol. The number of methoxy groups -OCH3 is 3. The first-order valence-electron chi connectivity index (χ1n) is 6.70. The van der Waals surface area contributed by atoms with Crippen LogP contribution < -0.4 is 14.2 Å². The number of hydrogen-bond donors (Lipinski definition) is 0. The molecule has 0 amide bonds. The summed E-state index contributed by atoms with van der Waals surface area (Å²) in [7, 11) is 4.31. The fourth-order valence-corrected chi connectivity index (χ4v) is 1.99. The number of carbonyl (C=O) groups excluding carboxylic acids is 1. The Morgan fingerprint density at radius 1 is 0.909 bits per heavy atom. The summed E-state index contributed by atoms with van der Waals surface area (Å²) in [5, 5.41) is 0. The maximum absolute atomic E-state index is 11.8. The van der Waals surface area contributed by atoms with E-state index in [0.29, 0.717) is 23.9 Å². The van der Waals surface area contributed by atoms with Gasteiger partial charge in [0.1, 0.15) is 17.9 Å². The molecule has 0 atom stereocenters. The SMILES string of the molecule is COC(=O)c1cc(OC)c(OCc2ccccc2)cc1OC. The molecule has 0 heterocycles. The first-order chi connectivity index (χ1) is 10.7. The minimum absolute atomic E-state index is 0.286. The molecule has 0 radical (unpaired) electrons. The van der Waals surface area contributed by atoms with E-state index in [0.717, 1.165) is 5.56 Å². The molecule has 2 aromatic carbocycles. The highest BCUT2D eigenvalue weighted by Gasteiger charge is 2.18. The quantitative estimate of drug-likeness (QED) is 0.768. The number of carbonyl (C=O) groups is 1. The van der Waals surface area contributed by atoms with Crippen LogP contribution in [0.5, 0.6) is 17.2 Å². The summed E-state index contributed by atoms with van der Waals surface area (Å²) in [5.41, 5.74) is 1.31. The van der Waals surface area contributed by atoms with E-state index < -0.39 is 5.97 Å². The molecule has 0 aromatic heterocycles. The Bertz CT molecular complexity index is 637. The molecule has 0 aliphatic heterocycles. The highest BCUT2D eigenvalue weighted by molar-refractivity contribution is 5.93. The Kier molecular flexibility index (Phi) is 5.25. The van der Waals surface area contributed by atoms with Gasteiger partial charge in [0.15, 0.2) is 11.5 Å². The second-order valence-electron chi connectivity index (χ2n) is 4.47. The Morgan fingerprint density at radius 3 is 2.18 bits per heavy atom. The van der Waals surface area contributed by atoms with Gasteiger partial charge in [-0.1, -0.05) is 30.3 Å². The van der Waals surface area contributed by atoms with Crippen molar-refractivity contribution >= 4 is 5.97 Å². The molecular formula is C17H18O5. The number of rotatable bonds is 6. The van der Waals surface area contributed by atoms with Gasteiger partial charge in [0.2, 0.25) is 0 Å². The molecule has 0 aliphatic carbocycles. The first kappa shape index (κ1) is 15.7. The lowest BCUT2D eigenvalue weighted by molar-refractivity contribution is 0.0596. The van der Waals surface area contributed by atoms with Crippen LogP contribution in [0.15, 0.2) is 42.5 Å². The topological polar surface area (TPSA) is 54.0 Å². The van der Waals surface area contributed by atoms with Gasteiger partial charge in [-0.15, -0.1) is 0 Å². The van der Waals surface area contributed by atoms with Gasteiger partial charge in [-0.3, -0.25) is 0 Å². The normalized spacial score (nSPS) is 9.95. The third kappa shape index (κ3) is 3.49. The van der Waals surface area contributed by atoms with Crippen LogP contribution in [0.2, 0.25) is 0 Å². The second-order valence-corrected chi connectivity index (χ2v) is 4.47. The summed E-state index contributed by atoms with van der Waals surface area (Å²) in [6, 6.07) is 12.9. The van der Waals surface area contributed by atoms with Crippen LogP contribution in [-0.4, -0.2) is 27.3 Å². The lowest BCUT2D eigenvalue weighted by atomic mass is 10.1. The van der Waals surface area contributed by atoms with Crippen molar-refractivity contribution in [3.63, 3.8) is 0 Å². The zero-order valence-electron chi connectivity index (χ0n) is 12.8. The molecule has 0 unspecified atom stereocenters. The Labute approximate surface area is 129 Å². The highest BCUT2D eigenvalue weighted by Crippen LogP contribution is 2.35. The maximum atomic E-state index is 11.8. The second kappa shape index (κ2) is 7.36. The van der Waals surface area contributed by atoms with E-state index in [1.54, 1.807) is 12.1 Å². The van der Waals surface area contributed by atoms with E-state index in [-0.39, 0.29) is 5.56 Å². The van der Waals surface area contributed by atoms with Crippen molar-refractivity contribution < 1.29 is 23.7 Å². The molecule has 5 heteroatoms. The van der Waals surface area contributed by atoms with Crippen molar-refractivity contribution in [2.75, 3.05) is 21.3 Å². The van der Waals surface area contributed by atoms with Crippen LogP contribution >= 0.6 is 0 Å². The van der Waals surface area contributed by atoms with E-state index in [9.17, 15) is 4.79 Å². The van der Waals surface area contributed by atoms with E-state index >= 15 is 0 Å². The van der Waals surface area contributed by atoms with Crippen LogP contribution in [0.25, 0.3) is 0 Å². The number of benzene rings is 2. The Balaban J connectivity index is 2.28. The summed E-state index contributed by atoms with van der Waals surface area (Å²) in [6.45, 7) is 0.387. The molecule has 2 aromatic rings. The molecule has 0 saturated carbocycles. The van der Waals surface area contributed by atoms with Crippen LogP contribution in [0.4, 0.5) is 0 Å². The number of ether oxygens (including phenoxy) is 4. The van der Waals surface area contributed by atoms with Gasteiger partial charge in [0.25, 0.3) is 0 Å². The minimum Gasteiger partial charge on any atom is -0.496 e. The molecule has 2 rings (SSSR count). The maximum Gasteiger partial charge on any atom is 0.341 e. The van der Waals surface area contributed by atoms with E-state index in [2.05, 4.69) is 0 Å². The molecule has 0 fully saturated rings. The van der Waals surface area contributed by atoms with E-state index in [1.165, 1.54) is 21.3 Å². The molecule has 0 N–H and O–H groups in total. The molecule has 0 saturated heterocycles. The summed E-state index contributed by atoms with van der Waals surface area (Å²) >= 11 is 0. The first-order valence-corrected chi connectivity index (χ1v) is 6.70. The molecule has 0 spiro atoms. The number of hydrogen-bond acceptors (Lipinski definition) is 5. The molecule has 22 heavy (non-hydrogen) atoms. The predicted molar refractivity (Wildman–Crippen MR) is 81.7 cm³/mol. The van der Waals surface area contributed by atoms with Crippen molar-refractivity contribution in [1.82, 2.24) is 0 Å². The average molecular weight is 302 g/mol. The van der Waals surface area contributed by atoms with Gasteiger partial charge < -0.3 is 18.9 Å². The zero-order valence-corrected chi connectivity index (χ0v) is 12.8. The van der Waals surface area contributed by atoms with Crippen molar-refractivity contribution in [1.29, 1.82) is 0 Å². The minimum atomic E-state index is -0.496. The monoisotopic (exact) mass is 302 g/mol. The van der Waals surface area contributed by atoms with Crippen molar-refractivity contribution in [3.8, 4) is 17.2 Å². The highest BCUT2D eigenvalue weighted by atomic mass is 16.5. The molecule has 0 bridgehead atoms. The van der Waals surface area contributed by atoms with Gasteiger partial charge in [0, 0.05) is 12.1 Å². The summed E-state index contributed by atoms with van der Waals surface area (Å²) < 4.78 is 21.0. The summed E-state index contributed by atoms with van der Waals surface area (Å²) in [6.07, 6.45) is 0. The van der Waals surface area contributed by atoms with Crippen LogP contribution in [0.3, 0.4) is 0 Å². The molecule has 116 valence electrons. The van der Waals surface area contributed by atoms with Crippen molar-refractivity contribution in [3.05, 3.63) is 53.6 Å². The van der Waals surface area contributed by atoms with Crippen molar-refractivity contribution in [2.45, 2.75) is 6.61 Å². The smallest absolute Gasteiger partial charge is 0.341 e. The Hall–Kier alpha value is -2.69. The lowest BCUT2D eigenvalue weighted by Crippen LogP contribution is -2.06. The summed E-state index contributed by atoms with van der Waals surface area (Å²) in [4.78, 5) is 11.8. The molecule has 0 aliphatic rings. The third-order valence-electron chi connectivity index (χ3n) is 3.13. The van der Waals surface area contributed by atoms with E-state index in [1.807, 2.05) is 30.3 Å². The van der Waals surface area contributed by atoms with Gasteiger partial charge in [-0.2, -0.15) is 0 Å². The largest absolute Gasteiger partial charge is 0.496 e. The van der Waals surface area contributed by atoms with Crippen LogP contribution in [-0.2, 0) is 11.3 Å². The average Bonchev–Trinajstić information content (AvgIpc) is 2.59. The summed E-state index contributed by atoms with van der Waals surface area (Å²) in [5.74, 6) is 0.813. The lowest BCUT2D eigenvalue weighted by Gasteiger charge is -2.14. The third-order valence-corrected chi connectivity index (χ3v) is 3.13. The zero-order chi connectivity index (χ0) is 15.9. The predicted octanol–water partition coefficient (Wildman–Crippen LogP) is 3.07. The Morgan fingerprint density at radius 2 is 1.59 bits per heavy atom. The fraction of sp³-hybridized carbons (Fsp3) is 0.235. The van der Waals surface area contributed by atoms with E-state index in [4.69, 9.17) is 18.9 Å². The van der Waals surface area contributed by atoms with Crippen molar-refractivity contribution in [2.24, 2.45) is 0 Å². The number of esters is 1. The van der Waals surface area contributed by atoms with Gasteiger partial charge in [-0.25, -0.2) is 4.79 Å². The van der Waals surface area contributed by atoms with Gasteiger partial charge in [0.05, 0.1) is 21.3 Å². The van der Waals surface area contributed by atoms with Gasteiger partial charge in [-0.05, 0) is 5.56 Å². The van der Waals surface area contributed by atoms with Crippen LogP contribution in [0, 0.1) is 0 Å². The van der Waals surface area contributed by atoms with Gasteiger partial charge >= 0.3 is 5.97 Å². The fourth-order valence-electron chi connectivity index (χ4n) is 1.99. The molecule has 5 nitrogen and oxygen atoms in total. The van der Waals surface area contributed by atoms with Crippen LogP contribution in [0.1, 0.15) is 15.9 Å². The standard InChI is InChI=1S/C17H18O5/c1-19-14-10-16(22-11-12-7-5-4-6-8-12)15(20-2)9-13(14)17(18)21-3/h4-10H,11H2,1-3H3.